The molecule has 1 atom stereocenters. The lowest BCUT2D eigenvalue weighted by atomic mass is 9.94. The molecule has 2 aliphatic rings. The van der Waals surface area contributed by atoms with Gasteiger partial charge in [0.1, 0.15) is 6.33 Å². The molecule has 1 aromatic heterocycles. The standard InChI is InChI=1S/C19H26N6O3S/c1-15-4-2-3-11-24(15)19(26)16-9-12-23(13-10-16)29(27,28)18-7-5-17(6-8-18)25-14-20-21-22-25/h5-8,14-16H,2-4,9-13H2,1H3/t15-/m1/s1. The van der Waals surface area contributed by atoms with Gasteiger partial charge in [0.25, 0.3) is 0 Å². The highest BCUT2D eigenvalue weighted by molar-refractivity contribution is 7.89. The summed E-state index contributed by atoms with van der Waals surface area (Å²) in [5.41, 5.74) is 0.689. The number of hydrogen-bond donors (Lipinski definition) is 0. The Hall–Kier alpha value is -2.33. The molecule has 2 fully saturated rings. The third-order valence-electron chi connectivity index (χ3n) is 5.98. The van der Waals surface area contributed by atoms with Crippen LogP contribution in [0.15, 0.2) is 35.5 Å². The molecule has 2 saturated heterocycles. The number of carbonyl (C=O) groups excluding carboxylic acids is 1. The molecule has 0 spiro atoms. The topological polar surface area (TPSA) is 101 Å². The molecule has 3 heterocycles. The summed E-state index contributed by atoms with van der Waals surface area (Å²) in [6.45, 7) is 3.67. The van der Waals surface area contributed by atoms with Crippen LogP contribution in [0.1, 0.15) is 39.0 Å². The lowest BCUT2D eigenvalue weighted by molar-refractivity contribution is -0.140. The van der Waals surface area contributed by atoms with Gasteiger partial charge in [-0.05, 0) is 73.7 Å². The number of aromatic nitrogens is 4. The molecule has 2 aliphatic heterocycles. The second-order valence-electron chi connectivity index (χ2n) is 7.80. The van der Waals surface area contributed by atoms with E-state index in [0.717, 1.165) is 19.4 Å². The number of tetrazole rings is 1. The minimum atomic E-state index is -3.58. The predicted octanol–water partition coefficient (Wildman–Crippen LogP) is 1.46. The normalized spacial score (nSPS) is 22.0. The smallest absolute Gasteiger partial charge is 0.243 e. The molecule has 0 N–H and O–H groups in total. The van der Waals surface area contributed by atoms with Crippen molar-refractivity contribution in [2.45, 2.75) is 50.0 Å². The first kappa shape index (κ1) is 20.0. The Morgan fingerprint density at radius 1 is 1.03 bits per heavy atom. The van der Waals surface area contributed by atoms with Crippen LogP contribution in [0, 0.1) is 5.92 Å². The highest BCUT2D eigenvalue weighted by atomic mass is 32.2. The van der Waals surface area contributed by atoms with Gasteiger partial charge in [0, 0.05) is 31.6 Å². The van der Waals surface area contributed by atoms with E-state index in [1.54, 1.807) is 24.3 Å². The van der Waals surface area contributed by atoms with Crippen LogP contribution in [0.25, 0.3) is 5.69 Å². The van der Waals surface area contributed by atoms with E-state index in [9.17, 15) is 13.2 Å². The third-order valence-corrected chi connectivity index (χ3v) is 7.89. The Morgan fingerprint density at radius 3 is 2.38 bits per heavy atom. The van der Waals surface area contributed by atoms with Crippen molar-refractivity contribution in [3.05, 3.63) is 30.6 Å². The SMILES string of the molecule is C[C@@H]1CCCCN1C(=O)C1CCN(S(=O)(=O)c2ccc(-n3cnnn3)cc2)CC1. The minimum absolute atomic E-state index is 0.0795. The van der Waals surface area contributed by atoms with Crippen molar-refractivity contribution >= 4 is 15.9 Å². The second-order valence-corrected chi connectivity index (χ2v) is 9.74. The van der Waals surface area contributed by atoms with Crippen molar-refractivity contribution in [2.24, 2.45) is 5.92 Å². The maximum atomic E-state index is 13.0. The fourth-order valence-corrected chi connectivity index (χ4v) is 5.67. The first-order chi connectivity index (χ1) is 14.0. The molecule has 0 radical (unpaired) electrons. The van der Waals surface area contributed by atoms with E-state index in [-0.39, 0.29) is 22.8 Å². The number of carbonyl (C=O) groups is 1. The summed E-state index contributed by atoms with van der Waals surface area (Å²) in [5.74, 6) is 0.115. The van der Waals surface area contributed by atoms with Crippen LogP contribution in [0.5, 0.6) is 0 Å². The number of benzene rings is 1. The summed E-state index contributed by atoms with van der Waals surface area (Å²) in [6.07, 6.45) is 5.89. The maximum Gasteiger partial charge on any atom is 0.243 e. The zero-order valence-electron chi connectivity index (χ0n) is 16.5. The van der Waals surface area contributed by atoms with Gasteiger partial charge in [-0.25, -0.2) is 13.1 Å². The van der Waals surface area contributed by atoms with Gasteiger partial charge in [0.15, 0.2) is 0 Å². The van der Waals surface area contributed by atoms with Crippen molar-refractivity contribution in [1.82, 2.24) is 29.4 Å². The van der Waals surface area contributed by atoms with Crippen LogP contribution in [0.4, 0.5) is 0 Å². The fourth-order valence-electron chi connectivity index (χ4n) is 4.20. The molecule has 4 rings (SSSR count). The largest absolute Gasteiger partial charge is 0.340 e. The van der Waals surface area contributed by atoms with Crippen LogP contribution in [0.2, 0.25) is 0 Å². The van der Waals surface area contributed by atoms with E-state index in [1.165, 1.54) is 21.7 Å². The van der Waals surface area contributed by atoms with Crippen molar-refractivity contribution < 1.29 is 13.2 Å². The Labute approximate surface area is 170 Å². The number of likely N-dealkylation sites (tertiary alicyclic amines) is 1. The van der Waals surface area contributed by atoms with Gasteiger partial charge in [0.05, 0.1) is 10.6 Å². The summed E-state index contributed by atoms with van der Waals surface area (Å²) in [5, 5.41) is 11.0. The first-order valence-corrected chi connectivity index (χ1v) is 11.5. The Kier molecular flexibility index (Phi) is 5.64. The highest BCUT2D eigenvalue weighted by Crippen LogP contribution is 2.28. The number of amides is 1. The molecule has 1 aromatic carbocycles. The molecule has 0 unspecified atom stereocenters. The van der Waals surface area contributed by atoms with E-state index in [2.05, 4.69) is 22.4 Å². The van der Waals surface area contributed by atoms with E-state index in [0.29, 0.717) is 31.6 Å². The lowest BCUT2D eigenvalue weighted by Crippen LogP contribution is -2.48. The Morgan fingerprint density at radius 2 is 1.76 bits per heavy atom. The number of piperidine rings is 2. The predicted molar refractivity (Wildman–Crippen MR) is 106 cm³/mol. The van der Waals surface area contributed by atoms with Gasteiger partial charge in [-0.15, -0.1) is 5.10 Å². The molecule has 9 nitrogen and oxygen atoms in total. The van der Waals surface area contributed by atoms with Crippen LogP contribution in [0.3, 0.4) is 0 Å². The van der Waals surface area contributed by atoms with E-state index in [4.69, 9.17) is 0 Å². The average Bonchev–Trinajstić information content (AvgIpc) is 3.29. The van der Waals surface area contributed by atoms with Crippen molar-refractivity contribution in [2.75, 3.05) is 19.6 Å². The zero-order valence-corrected chi connectivity index (χ0v) is 17.3. The summed E-state index contributed by atoms with van der Waals surface area (Å²) >= 11 is 0. The lowest BCUT2D eigenvalue weighted by Gasteiger charge is -2.38. The van der Waals surface area contributed by atoms with E-state index >= 15 is 0 Å². The van der Waals surface area contributed by atoms with Crippen molar-refractivity contribution in [3.8, 4) is 5.69 Å². The van der Waals surface area contributed by atoms with Crippen LogP contribution < -0.4 is 0 Å². The molecule has 0 aliphatic carbocycles. The fraction of sp³-hybridized carbons (Fsp3) is 0.579. The monoisotopic (exact) mass is 418 g/mol. The molecule has 156 valence electrons. The average molecular weight is 419 g/mol. The summed E-state index contributed by atoms with van der Waals surface area (Å²) in [4.78, 5) is 15.1. The number of nitrogens with zero attached hydrogens (tertiary/aromatic N) is 6. The van der Waals surface area contributed by atoms with E-state index in [1.807, 2.05) is 4.90 Å². The Bertz CT molecular complexity index is 937. The van der Waals surface area contributed by atoms with Crippen molar-refractivity contribution in [1.29, 1.82) is 0 Å². The molecular weight excluding hydrogens is 392 g/mol. The summed E-state index contributed by atoms with van der Waals surface area (Å²) in [7, 11) is -3.58. The van der Waals surface area contributed by atoms with Crippen LogP contribution in [-0.4, -0.2) is 69.4 Å². The van der Waals surface area contributed by atoms with Gasteiger partial charge in [0.2, 0.25) is 15.9 Å². The number of sulfonamides is 1. The number of rotatable bonds is 4. The Balaban J connectivity index is 1.40. The molecule has 2 aromatic rings. The molecule has 10 heteroatoms. The zero-order chi connectivity index (χ0) is 20.4. The molecule has 0 saturated carbocycles. The third kappa shape index (κ3) is 4.04. The van der Waals surface area contributed by atoms with Crippen molar-refractivity contribution in [3.63, 3.8) is 0 Å². The van der Waals surface area contributed by atoms with Gasteiger partial charge in [-0.3, -0.25) is 4.79 Å². The quantitative estimate of drug-likeness (QED) is 0.745. The number of hydrogen-bond acceptors (Lipinski definition) is 6. The van der Waals surface area contributed by atoms with Crippen LogP contribution >= 0.6 is 0 Å². The molecule has 29 heavy (non-hydrogen) atoms. The summed E-state index contributed by atoms with van der Waals surface area (Å²) in [6, 6.07) is 6.78. The second kappa shape index (κ2) is 8.19. The molecular formula is C19H26N6O3S. The minimum Gasteiger partial charge on any atom is -0.340 e. The van der Waals surface area contributed by atoms with E-state index < -0.39 is 10.0 Å². The summed E-state index contributed by atoms with van der Waals surface area (Å²) < 4.78 is 29.0. The molecule has 1 amide bonds. The van der Waals surface area contributed by atoms with Crippen LogP contribution in [-0.2, 0) is 14.8 Å². The van der Waals surface area contributed by atoms with Gasteiger partial charge < -0.3 is 4.90 Å². The van der Waals surface area contributed by atoms with Gasteiger partial charge in [-0.1, -0.05) is 0 Å². The highest BCUT2D eigenvalue weighted by Gasteiger charge is 2.35. The maximum absolute atomic E-state index is 13.0. The van der Waals surface area contributed by atoms with Gasteiger partial charge >= 0.3 is 0 Å². The first-order valence-electron chi connectivity index (χ1n) is 10.1. The molecule has 0 bridgehead atoms. The van der Waals surface area contributed by atoms with Gasteiger partial charge in [-0.2, -0.15) is 4.31 Å².